The normalized spacial score (nSPS) is 14.3. The minimum atomic E-state index is -0.558. The van der Waals surface area contributed by atoms with E-state index in [9.17, 15) is 8.78 Å². The lowest BCUT2D eigenvalue weighted by Crippen LogP contribution is -2.46. The molecule has 9 nitrogen and oxygen atoms in total. The zero-order valence-corrected chi connectivity index (χ0v) is 20.2. The summed E-state index contributed by atoms with van der Waals surface area (Å²) in [5, 5.41) is 16.4. The van der Waals surface area contributed by atoms with Gasteiger partial charge in [0.2, 0.25) is 0 Å². The van der Waals surface area contributed by atoms with E-state index in [4.69, 9.17) is 10.8 Å². The first-order valence-electron chi connectivity index (χ1n) is 11.1. The largest absolute Gasteiger partial charge is 0.395 e. The molecule has 12 heteroatoms. The second kappa shape index (κ2) is 11.9. The van der Waals surface area contributed by atoms with E-state index in [0.717, 1.165) is 37.0 Å². The number of halogens is 3. The van der Waals surface area contributed by atoms with Crippen molar-refractivity contribution in [3.8, 4) is 5.95 Å². The standard InChI is InChI=1S/C23H28F2N8O.ClH/c1-16-17(15-28-33(16)23-29-21(26)14-22(30-23)27-4-10-34)3-2-5-31-6-8-32(9-7-31)20-12-18(24)11-19(25)13-20;/h2-3,11-15,34H,4-10H2,1H3,(H3,26,27,29,30);1H/b3-2+;. The number of nitrogens with zero attached hydrogens (tertiary/aromatic N) is 6. The van der Waals surface area contributed by atoms with Crippen molar-refractivity contribution in [2.75, 3.05) is 61.8 Å². The van der Waals surface area contributed by atoms with Gasteiger partial charge < -0.3 is 21.1 Å². The molecule has 2 aromatic heterocycles. The Balaban J connectivity index is 0.00000342. The van der Waals surface area contributed by atoms with Gasteiger partial charge in [-0.15, -0.1) is 12.4 Å². The van der Waals surface area contributed by atoms with Crippen molar-refractivity contribution in [1.82, 2.24) is 24.6 Å². The summed E-state index contributed by atoms with van der Waals surface area (Å²) in [5.74, 6) is 0.0544. The summed E-state index contributed by atoms with van der Waals surface area (Å²) >= 11 is 0. The molecule has 0 radical (unpaired) electrons. The van der Waals surface area contributed by atoms with E-state index in [1.807, 2.05) is 17.9 Å². The Bertz CT molecular complexity index is 1140. The zero-order valence-electron chi connectivity index (χ0n) is 19.4. The van der Waals surface area contributed by atoms with Crippen LogP contribution >= 0.6 is 12.4 Å². The molecular weight excluding hydrogens is 478 g/mol. The van der Waals surface area contributed by atoms with Gasteiger partial charge in [0.25, 0.3) is 5.95 Å². The van der Waals surface area contributed by atoms with E-state index in [-0.39, 0.29) is 19.0 Å². The fourth-order valence-electron chi connectivity index (χ4n) is 3.85. The average Bonchev–Trinajstić information content (AvgIpc) is 3.17. The molecule has 0 unspecified atom stereocenters. The van der Waals surface area contributed by atoms with Crippen molar-refractivity contribution >= 4 is 35.8 Å². The Morgan fingerprint density at radius 2 is 1.80 bits per heavy atom. The molecule has 4 N–H and O–H groups in total. The molecule has 0 saturated carbocycles. The van der Waals surface area contributed by atoms with Crippen LogP contribution in [0.1, 0.15) is 11.3 Å². The number of hydrogen-bond acceptors (Lipinski definition) is 8. The van der Waals surface area contributed by atoms with E-state index in [2.05, 4.69) is 31.4 Å². The maximum Gasteiger partial charge on any atom is 0.254 e. The second-order valence-electron chi connectivity index (χ2n) is 8.04. The summed E-state index contributed by atoms with van der Waals surface area (Å²) in [7, 11) is 0. The maximum absolute atomic E-state index is 13.5. The Kier molecular flexibility index (Phi) is 8.96. The molecule has 1 aliphatic heterocycles. The summed E-state index contributed by atoms with van der Waals surface area (Å²) in [4.78, 5) is 13.0. The molecule has 0 amide bonds. The maximum atomic E-state index is 13.5. The number of hydrogen-bond donors (Lipinski definition) is 3. The molecule has 4 rings (SSSR count). The fraction of sp³-hybridized carbons (Fsp3) is 0.348. The monoisotopic (exact) mass is 506 g/mol. The number of aliphatic hydroxyl groups is 1. The molecule has 0 atom stereocenters. The van der Waals surface area contributed by atoms with Crippen LogP contribution in [0.5, 0.6) is 0 Å². The van der Waals surface area contributed by atoms with Crippen molar-refractivity contribution in [1.29, 1.82) is 0 Å². The molecule has 3 heterocycles. The van der Waals surface area contributed by atoms with Crippen LogP contribution in [0.2, 0.25) is 0 Å². The minimum absolute atomic E-state index is 0. The molecular formula is C23H29ClF2N8O. The number of anilines is 3. The van der Waals surface area contributed by atoms with Crippen LogP contribution in [0.25, 0.3) is 12.0 Å². The first kappa shape index (κ1) is 26.3. The predicted octanol–water partition coefficient (Wildman–Crippen LogP) is 2.49. The average molecular weight is 507 g/mol. The molecule has 35 heavy (non-hydrogen) atoms. The lowest BCUT2D eigenvalue weighted by Gasteiger charge is -2.35. The lowest BCUT2D eigenvalue weighted by molar-refractivity contribution is 0.284. The predicted molar refractivity (Wildman–Crippen MR) is 135 cm³/mol. The summed E-state index contributed by atoms with van der Waals surface area (Å²) in [6, 6.07) is 5.23. The summed E-state index contributed by atoms with van der Waals surface area (Å²) < 4.78 is 28.6. The molecule has 1 aliphatic rings. The van der Waals surface area contributed by atoms with Gasteiger partial charge in [0, 0.05) is 62.7 Å². The van der Waals surface area contributed by atoms with Gasteiger partial charge in [0.1, 0.15) is 23.3 Å². The number of benzene rings is 1. The number of rotatable bonds is 8. The molecule has 188 valence electrons. The van der Waals surface area contributed by atoms with Gasteiger partial charge in [-0.05, 0) is 19.1 Å². The number of nitrogen functional groups attached to an aromatic ring is 1. The zero-order chi connectivity index (χ0) is 24.1. The number of aliphatic hydroxyl groups excluding tert-OH is 1. The van der Waals surface area contributed by atoms with E-state index in [1.165, 1.54) is 12.1 Å². The number of nitrogens with one attached hydrogen (secondary N) is 1. The SMILES string of the molecule is Cc1c(/C=C/CN2CCN(c3cc(F)cc(F)c3)CC2)cnn1-c1nc(N)cc(NCCO)n1.Cl. The van der Waals surface area contributed by atoms with Crippen molar-refractivity contribution in [3.05, 3.63) is 59.4 Å². The molecule has 0 aliphatic carbocycles. The Morgan fingerprint density at radius 1 is 1.09 bits per heavy atom. The van der Waals surface area contributed by atoms with Crippen molar-refractivity contribution in [3.63, 3.8) is 0 Å². The van der Waals surface area contributed by atoms with E-state index < -0.39 is 11.6 Å². The molecule has 0 bridgehead atoms. The Labute approximate surface area is 208 Å². The van der Waals surface area contributed by atoms with E-state index >= 15 is 0 Å². The molecule has 0 spiro atoms. The highest BCUT2D eigenvalue weighted by Gasteiger charge is 2.17. The molecule has 3 aromatic rings. The first-order chi connectivity index (χ1) is 16.4. The fourth-order valence-corrected chi connectivity index (χ4v) is 3.85. The van der Waals surface area contributed by atoms with Gasteiger partial charge >= 0.3 is 0 Å². The van der Waals surface area contributed by atoms with Gasteiger partial charge in [-0.3, -0.25) is 4.90 Å². The van der Waals surface area contributed by atoms with Crippen LogP contribution in [0.15, 0.2) is 36.5 Å². The van der Waals surface area contributed by atoms with Crippen LogP contribution in [-0.4, -0.2) is 75.6 Å². The van der Waals surface area contributed by atoms with Gasteiger partial charge in [-0.2, -0.15) is 15.1 Å². The van der Waals surface area contributed by atoms with Crippen molar-refractivity contribution < 1.29 is 13.9 Å². The summed E-state index contributed by atoms with van der Waals surface area (Å²) in [6.45, 7) is 6.00. The van der Waals surface area contributed by atoms with Crippen molar-refractivity contribution in [2.45, 2.75) is 6.92 Å². The lowest BCUT2D eigenvalue weighted by atomic mass is 10.2. The topological polar surface area (TPSA) is 108 Å². The van der Waals surface area contributed by atoms with Crippen LogP contribution in [0.3, 0.4) is 0 Å². The molecule has 1 saturated heterocycles. The third-order valence-corrected chi connectivity index (χ3v) is 5.64. The summed E-state index contributed by atoms with van der Waals surface area (Å²) in [6.07, 6.45) is 5.82. The van der Waals surface area contributed by atoms with Crippen LogP contribution in [0.4, 0.5) is 26.1 Å². The van der Waals surface area contributed by atoms with Gasteiger partial charge in [-0.1, -0.05) is 12.2 Å². The van der Waals surface area contributed by atoms with E-state index in [1.54, 1.807) is 16.9 Å². The molecule has 1 aromatic carbocycles. The van der Waals surface area contributed by atoms with Crippen LogP contribution in [-0.2, 0) is 0 Å². The first-order valence-corrected chi connectivity index (χ1v) is 11.1. The molecule has 1 fully saturated rings. The third kappa shape index (κ3) is 6.65. The summed E-state index contributed by atoms with van der Waals surface area (Å²) in [5.41, 5.74) is 8.28. The number of piperazine rings is 1. The van der Waals surface area contributed by atoms with Crippen LogP contribution in [0, 0.1) is 18.6 Å². The minimum Gasteiger partial charge on any atom is -0.395 e. The Morgan fingerprint density at radius 3 is 2.49 bits per heavy atom. The van der Waals surface area contributed by atoms with Crippen molar-refractivity contribution in [2.24, 2.45) is 0 Å². The highest BCUT2D eigenvalue weighted by Crippen LogP contribution is 2.20. The second-order valence-corrected chi connectivity index (χ2v) is 8.04. The van der Waals surface area contributed by atoms with Gasteiger partial charge in [0.15, 0.2) is 0 Å². The highest BCUT2D eigenvalue weighted by atomic mass is 35.5. The quantitative estimate of drug-likeness (QED) is 0.427. The van der Waals surface area contributed by atoms with E-state index in [0.29, 0.717) is 42.9 Å². The number of aromatic nitrogens is 4. The van der Waals surface area contributed by atoms with Gasteiger partial charge in [-0.25, -0.2) is 13.5 Å². The number of nitrogens with two attached hydrogens (primary N) is 1. The Hall–Kier alpha value is -3.28. The van der Waals surface area contributed by atoms with Gasteiger partial charge in [0.05, 0.1) is 18.5 Å². The van der Waals surface area contributed by atoms with Crippen LogP contribution < -0.4 is 16.0 Å². The third-order valence-electron chi connectivity index (χ3n) is 5.64. The smallest absolute Gasteiger partial charge is 0.254 e. The highest BCUT2D eigenvalue weighted by molar-refractivity contribution is 5.85.